The highest BCUT2D eigenvalue weighted by atomic mass is 16.2. The number of fused-ring (bicyclic) bond motifs is 1. The van der Waals surface area contributed by atoms with Crippen molar-refractivity contribution in [2.75, 3.05) is 31.5 Å². The largest absolute Gasteiger partial charge is 0.367 e. The molecule has 0 aliphatic carbocycles. The number of aromatic nitrogens is 1. The van der Waals surface area contributed by atoms with Crippen LogP contribution < -0.4 is 5.32 Å². The molecule has 1 aromatic carbocycles. The van der Waals surface area contributed by atoms with Crippen molar-refractivity contribution in [1.29, 1.82) is 0 Å². The molecule has 1 aromatic heterocycles. The lowest BCUT2D eigenvalue weighted by molar-refractivity contribution is -0.115. The van der Waals surface area contributed by atoms with Gasteiger partial charge in [-0.1, -0.05) is 0 Å². The zero-order chi connectivity index (χ0) is 17.4. The van der Waals surface area contributed by atoms with E-state index in [9.17, 15) is 14.4 Å². The normalized spacial score (nSPS) is 16.6. The molecule has 0 unspecified atom stereocenters. The Morgan fingerprint density at radius 1 is 0.920 bits per heavy atom. The molecule has 3 amide bonds. The third kappa shape index (κ3) is 2.88. The van der Waals surface area contributed by atoms with Crippen molar-refractivity contribution in [2.45, 2.75) is 6.42 Å². The average molecular weight is 338 g/mol. The predicted octanol–water partition coefficient (Wildman–Crippen LogP) is 1.11. The summed E-state index contributed by atoms with van der Waals surface area (Å²) in [7, 11) is 0. The first-order valence-corrected chi connectivity index (χ1v) is 8.26. The van der Waals surface area contributed by atoms with Crippen LogP contribution in [-0.4, -0.2) is 58.7 Å². The first-order chi connectivity index (χ1) is 12.1. The Hall–Kier alpha value is -3.09. The van der Waals surface area contributed by atoms with Gasteiger partial charge in [0.05, 0.1) is 12.0 Å². The molecule has 1 fully saturated rings. The number of nitrogens with one attached hydrogen (secondary N) is 2. The molecular formula is C18H18N4O3. The first kappa shape index (κ1) is 15.4. The van der Waals surface area contributed by atoms with Crippen LogP contribution in [-0.2, 0) is 11.2 Å². The number of rotatable bonds is 2. The minimum atomic E-state index is -0.0594. The third-order valence-electron chi connectivity index (χ3n) is 4.68. The fraction of sp³-hybridized carbons (Fsp3) is 0.278. The lowest BCUT2D eigenvalue weighted by Crippen LogP contribution is -2.50. The standard InChI is InChI=1S/C18H18N4O3/c23-16-10-14-9-12(1-2-15(14)20-16)17(24)21-5-7-22(8-6-21)18(25)13-3-4-19-11-13/h1-4,9,11,19H,5-8,10H2,(H,20,23). The van der Waals surface area contributed by atoms with Gasteiger partial charge in [0.25, 0.3) is 11.8 Å². The second kappa shape index (κ2) is 6.08. The molecule has 0 saturated carbocycles. The Labute approximate surface area is 144 Å². The van der Waals surface area contributed by atoms with E-state index >= 15 is 0 Å². The van der Waals surface area contributed by atoms with Crippen molar-refractivity contribution in [2.24, 2.45) is 0 Å². The number of H-pyrrole nitrogens is 1. The van der Waals surface area contributed by atoms with E-state index in [1.54, 1.807) is 46.5 Å². The van der Waals surface area contributed by atoms with Crippen molar-refractivity contribution in [3.63, 3.8) is 0 Å². The third-order valence-corrected chi connectivity index (χ3v) is 4.68. The molecule has 2 N–H and O–H groups in total. The van der Waals surface area contributed by atoms with Gasteiger partial charge in [-0.15, -0.1) is 0 Å². The summed E-state index contributed by atoms with van der Waals surface area (Å²) in [5.74, 6) is -0.122. The summed E-state index contributed by atoms with van der Waals surface area (Å²) in [6, 6.07) is 7.05. The van der Waals surface area contributed by atoms with Gasteiger partial charge in [0.15, 0.2) is 0 Å². The van der Waals surface area contributed by atoms with Crippen LogP contribution in [0.3, 0.4) is 0 Å². The van der Waals surface area contributed by atoms with E-state index in [1.807, 2.05) is 0 Å². The van der Waals surface area contributed by atoms with Gasteiger partial charge < -0.3 is 20.1 Å². The highest BCUT2D eigenvalue weighted by Crippen LogP contribution is 2.24. The van der Waals surface area contributed by atoms with Crippen molar-refractivity contribution in [3.05, 3.63) is 53.3 Å². The number of aromatic amines is 1. The van der Waals surface area contributed by atoms with Gasteiger partial charge in [-0.05, 0) is 29.8 Å². The maximum atomic E-state index is 12.7. The van der Waals surface area contributed by atoms with Gasteiger partial charge in [-0.3, -0.25) is 14.4 Å². The van der Waals surface area contributed by atoms with Gasteiger partial charge in [-0.2, -0.15) is 0 Å². The lowest BCUT2D eigenvalue weighted by atomic mass is 10.1. The van der Waals surface area contributed by atoms with Crippen LogP contribution in [0.1, 0.15) is 26.3 Å². The molecule has 128 valence electrons. The first-order valence-electron chi connectivity index (χ1n) is 8.26. The van der Waals surface area contributed by atoms with Crippen LogP contribution in [0.5, 0.6) is 0 Å². The SMILES string of the molecule is O=C1Cc2cc(C(=O)N3CCN(C(=O)c4cc[nH]c4)CC3)ccc2N1. The highest BCUT2D eigenvalue weighted by molar-refractivity contribution is 6.01. The summed E-state index contributed by atoms with van der Waals surface area (Å²) in [6.07, 6.45) is 3.72. The molecular weight excluding hydrogens is 320 g/mol. The van der Waals surface area contributed by atoms with Crippen LogP contribution in [0.25, 0.3) is 0 Å². The second-order valence-corrected chi connectivity index (χ2v) is 6.28. The summed E-state index contributed by atoms with van der Waals surface area (Å²) in [4.78, 5) is 42.9. The number of piperazine rings is 1. The van der Waals surface area contributed by atoms with E-state index in [2.05, 4.69) is 10.3 Å². The monoisotopic (exact) mass is 338 g/mol. The van der Waals surface area contributed by atoms with Crippen LogP contribution in [0.15, 0.2) is 36.7 Å². The van der Waals surface area contributed by atoms with E-state index < -0.39 is 0 Å². The summed E-state index contributed by atoms with van der Waals surface area (Å²) in [5.41, 5.74) is 2.86. The van der Waals surface area contributed by atoms with E-state index in [4.69, 9.17) is 0 Å². The Kier molecular flexibility index (Phi) is 3.76. The molecule has 7 heteroatoms. The number of anilines is 1. The number of nitrogens with zero attached hydrogens (tertiary/aromatic N) is 2. The minimum Gasteiger partial charge on any atom is -0.367 e. The van der Waals surface area contributed by atoms with Crippen LogP contribution in [0.4, 0.5) is 5.69 Å². The quantitative estimate of drug-likeness (QED) is 0.860. The molecule has 3 heterocycles. The van der Waals surface area contributed by atoms with Crippen molar-refractivity contribution in [1.82, 2.24) is 14.8 Å². The van der Waals surface area contributed by atoms with Gasteiger partial charge in [0.2, 0.25) is 5.91 Å². The summed E-state index contributed by atoms with van der Waals surface area (Å²) in [5, 5.41) is 2.76. The maximum absolute atomic E-state index is 12.7. The van der Waals surface area contributed by atoms with Crippen molar-refractivity contribution < 1.29 is 14.4 Å². The van der Waals surface area contributed by atoms with Gasteiger partial charge in [-0.25, -0.2) is 0 Å². The molecule has 0 bridgehead atoms. The fourth-order valence-corrected chi connectivity index (χ4v) is 3.30. The van der Waals surface area contributed by atoms with Crippen molar-refractivity contribution >= 4 is 23.4 Å². The minimum absolute atomic E-state index is 0.0181. The predicted molar refractivity (Wildman–Crippen MR) is 91.4 cm³/mol. The van der Waals surface area contributed by atoms with Crippen LogP contribution >= 0.6 is 0 Å². The zero-order valence-corrected chi connectivity index (χ0v) is 13.6. The number of hydrogen-bond donors (Lipinski definition) is 2. The Bertz CT molecular complexity index is 836. The van der Waals surface area contributed by atoms with Gasteiger partial charge in [0.1, 0.15) is 0 Å². The van der Waals surface area contributed by atoms with Crippen LogP contribution in [0, 0.1) is 0 Å². The van der Waals surface area contributed by atoms with E-state index in [1.165, 1.54) is 0 Å². The summed E-state index contributed by atoms with van der Waals surface area (Å²) in [6.45, 7) is 2.04. The summed E-state index contributed by atoms with van der Waals surface area (Å²) >= 11 is 0. The molecule has 7 nitrogen and oxygen atoms in total. The topological polar surface area (TPSA) is 85.5 Å². The van der Waals surface area contributed by atoms with Gasteiger partial charge >= 0.3 is 0 Å². The number of benzene rings is 1. The number of carbonyl (C=O) groups excluding carboxylic acids is 3. The van der Waals surface area contributed by atoms with E-state index in [-0.39, 0.29) is 17.7 Å². The molecule has 1 saturated heterocycles. The number of hydrogen-bond acceptors (Lipinski definition) is 3. The highest BCUT2D eigenvalue weighted by Gasteiger charge is 2.27. The molecule has 2 aromatic rings. The molecule has 0 radical (unpaired) electrons. The molecule has 0 atom stereocenters. The zero-order valence-electron chi connectivity index (χ0n) is 13.6. The molecule has 0 spiro atoms. The van der Waals surface area contributed by atoms with Crippen molar-refractivity contribution in [3.8, 4) is 0 Å². The second-order valence-electron chi connectivity index (χ2n) is 6.28. The molecule has 4 rings (SSSR count). The Balaban J connectivity index is 1.41. The van der Waals surface area contributed by atoms with Gasteiger partial charge in [0, 0.05) is 49.8 Å². The summed E-state index contributed by atoms with van der Waals surface area (Å²) < 4.78 is 0. The number of carbonyl (C=O) groups is 3. The van der Waals surface area contributed by atoms with E-state index in [0.717, 1.165) is 11.3 Å². The smallest absolute Gasteiger partial charge is 0.255 e. The molecule has 2 aliphatic rings. The average Bonchev–Trinajstić information content (AvgIpc) is 3.28. The van der Waals surface area contributed by atoms with Crippen LogP contribution in [0.2, 0.25) is 0 Å². The van der Waals surface area contributed by atoms with E-state index in [0.29, 0.717) is 43.7 Å². The molecule has 25 heavy (non-hydrogen) atoms. The molecule has 2 aliphatic heterocycles. The fourth-order valence-electron chi connectivity index (χ4n) is 3.30. The Morgan fingerprint density at radius 2 is 1.60 bits per heavy atom. The Morgan fingerprint density at radius 3 is 2.24 bits per heavy atom. The number of amides is 3. The lowest BCUT2D eigenvalue weighted by Gasteiger charge is -2.34. The maximum Gasteiger partial charge on any atom is 0.255 e.